The topological polar surface area (TPSA) is 51.7 Å². The number of aromatic nitrogens is 1. The van der Waals surface area contributed by atoms with E-state index in [9.17, 15) is 4.79 Å². The highest BCUT2D eigenvalue weighted by atomic mass is 32.1. The molecule has 140 valence electrons. The van der Waals surface area contributed by atoms with Gasteiger partial charge in [0.05, 0.1) is 20.3 Å². The second kappa shape index (κ2) is 7.70. The van der Waals surface area contributed by atoms with Crippen LogP contribution >= 0.6 is 22.7 Å². The Morgan fingerprint density at radius 2 is 2.11 bits per heavy atom. The molecule has 3 aromatic rings. The maximum absolute atomic E-state index is 13.1. The summed E-state index contributed by atoms with van der Waals surface area (Å²) in [5, 5.41) is 6.81. The first-order valence-electron chi connectivity index (χ1n) is 8.72. The van der Waals surface area contributed by atoms with Crippen LogP contribution in [0.5, 0.6) is 11.5 Å². The fourth-order valence-electron chi connectivity index (χ4n) is 3.46. The van der Waals surface area contributed by atoms with Gasteiger partial charge in [-0.05, 0) is 36.4 Å². The largest absolute Gasteiger partial charge is 0.497 e. The summed E-state index contributed by atoms with van der Waals surface area (Å²) in [5.74, 6) is 1.47. The number of likely N-dealkylation sites (tertiary alicyclic amines) is 1. The number of benzene rings is 1. The summed E-state index contributed by atoms with van der Waals surface area (Å²) >= 11 is 3.14. The van der Waals surface area contributed by atoms with Gasteiger partial charge in [0.15, 0.2) is 0 Å². The number of carbonyl (C=O) groups is 1. The predicted octanol–water partition coefficient (Wildman–Crippen LogP) is 4.87. The predicted molar refractivity (Wildman–Crippen MR) is 108 cm³/mol. The molecule has 5 nitrogen and oxygen atoms in total. The molecule has 0 unspecified atom stereocenters. The Morgan fingerprint density at radius 1 is 1.22 bits per heavy atom. The lowest BCUT2D eigenvalue weighted by Gasteiger charge is -2.26. The minimum atomic E-state index is -0.0203. The van der Waals surface area contributed by atoms with Gasteiger partial charge in [0.2, 0.25) is 0 Å². The Morgan fingerprint density at radius 3 is 2.85 bits per heavy atom. The van der Waals surface area contributed by atoms with Gasteiger partial charge < -0.3 is 14.4 Å². The number of hydrogen-bond acceptors (Lipinski definition) is 6. The van der Waals surface area contributed by atoms with Crippen LogP contribution in [-0.2, 0) is 0 Å². The van der Waals surface area contributed by atoms with Gasteiger partial charge >= 0.3 is 0 Å². The molecule has 0 N–H and O–H groups in total. The third kappa shape index (κ3) is 3.44. The van der Waals surface area contributed by atoms with E-state index < -0.39 is 0 Å². The van der Waals surface area contributed by atoms with Crippen molar-refractivity contribution in [3.63, 3.8) is 0 Å². The van der Waals surface area contributed by atoms with Gasteiger partial charge in [-0.2, -0.15) is 11.3 Å². The van der Waals surface area contributed by atoms with Crippen molar-refractivity contribution in [2.24, 2.45) is 0 Å². The fourth-order valence-corrected chi connectivity index (χ4v) is 4.97. The van der Waals surface area contributed by atoms with Crippen LogP contribution in [0.3, 0.4) is 0 Å². The number of thiazole rings is 1. The standard InChI is InChI=1S/C20H20N2O3S2/c1-24-14-5-6-15(18(10-14)25-2)17-4-3-8-22(17)20(23)16-12-27-19(21-16)13-7-9-26-11-13/h5-7,9-12,17H,3-4,8H2,1-2H3/t17-/m1/s1. The molecule has 1 aliphatic rings. The van der Waals surface area contributed by atoms with E-state index >= 15 is 0 Å². The highest BCUT2D eigenvalue weighted by Gasteiger charge is 2.33. The van der Waals surface area contributed by atoms with Gasteiger partial charge in [-0.1, -0.05) is 0 Å². The van der Waals surface area contributed by atoms with Gasteiger partial charge in [0.25, 0.3) is 5.91 Å². The molecule has 0 radical (unpaired) electrons. The summed E-state index contributed by atoms with van der Waals surface area (Å²) in [6, 6.07) is 7.79. The molecular weight excluding hydrogens is 380 g/mol. The second-order valence-corrected chi connectivity index (χ2v) is 7.95. The average Bonchev–Trinajstić information content (AvgIpc) is 3.47. The number of thiophene rings is 1. The molecule has 0 bridgehead atoms. The number of amides is 1. The quantitative estimate of drug-likeness (QED) is 0.613. The van der Waals surface area contributed by atoms with Gasteiger partial charge in [-0.25, -0.2) is 4.98 Å². The second-order valence-electron chi connectivity index (χ2n) is 6.31. The first-order valence-corrected chi connectivity index (χ1v) is 10.5. The average molecular weight is 401 g/mol. The fraction of sp³-hybridized carbons (Fsp3) is 0.300. The van der Waals surface area contributed by atoms with Crippen LogP contribution in [0.25, 0.3) is 10.6 Å². The molecule has 1 saturated heterocycles. The Balaban J connectivity index is 1.61. The third-order valence-electron chi connectivity index (χ3n) is 4.80. The van der Waals surface area contributed by atoms with Crippen LogP contribution in [0.2, 0.25) is 0 Å². The van der Waals surface area contributed by atoms with Gasteiger partial charge in [0, 0.05) is 34.5 Å². The Bertz CT molecular complexity index is 937. The summed E-state index contributed by atoms with van der Waals surface area (Å²) in [6.45, 7) is 0.726. The SMILES string of the molecule is COc1ccc([C@H]2CCCN2C(=O)c2csc(-c3ccsc3)n2)c(OC)c1. The first kappa shape index (κ1) is 18.0. The molecule has 3 heterocycles. The zero-order valence-corrected chi connectivity index (χ0v) is 16.8. The summed E-state index contributed by atoms with van der Waals surface area (Å²) in [6.07, 6.45) is 1.88. The zero-order valence-electron chi connectivity index (χ0n) is 15.2. The van der Waals surface area contributed by atoms with Crippen LogP contribution in [0.4, 0.5) is 0 Å². The maximum atomic E-state index is 13.1. The van der Waals surface area contributed by atoms with Crippen molar-refractivity contribution < 1.29 is 14.3 Å². The Labute approximate surface area is 166 Å². The van der Waals surface area contributed by atoms with E-state index in [1.165, 1.54) is 11.3 Å². The van der Waals surface area contributed by atoms with E-state index in [4.69, 9.17) is 9.47 Å². The highest BCUT2D eigenvalue weighted by molar-refractivity contribution is 7.14. The minimum absolute atomic E-state index is 0.00958. The molecule has 0 spiro atoms. The van der Waals surface area contributed by atoms with Crippen LogP contribution in [0.15, 0.2) is 40.4 Å². The summed E-state index contributed by atoms with van der Waals surface area (Å²) in [4.78, 5) is 19.6. The zero-order chi connectivity index (χ0) is 18.8. The molecular formula is C20H20N2O3S2. The smallest absolute Gasteiger partial charge is 0.273 e. The highest BCUT2D eigenvalue weighted by Crippen LogP contribution is 2.39. The van der Waals surface area contributed by atoms with Crippen molar-refractivity contribution >= 4 is 28.6 Å². The van der Waals surface area contributed by atoms with Crippen molar-refractivity contribution in [1.82, 2.24) is 9.88 Å². The maximum Gasteiger partial charge on any atom is 0.273 e. The minimum Gasteiger partial charge on any atom is -0.497 e. The number of rotatable bonds is 5. The number of methoxy groups -OCH3 is 2. The van der Waals surface area contributed by atoms with Crippen molar-refractivity contribution in [1.29, 1.82) is 0 Å². The van der Waals surface area contributed by atoms with Crippen LogP contribution in [0.1, 0.15) is 34.9 Å². The van der Waals surface area contributed by atoms with Crippen molar-refractivity contribution in [3.8, 4) is 22.1 Å². The van der Waals surface area contributed by atoms with E-state index in [1.54, 1.807) is 25.6 Å². The summed E-state index contributed by atoms with van der Waals surface area (Å²) < 4.78 is 10.8. The lowest BCUT2D eigenvalue weighted by Crippen LogP contribution is -2.31. The number of nitrogens with zero attached hydrogens (tertiary/aromatic N) is 2. The van der Waals surface area contributed by atoms with Crippen molar-refractivity contribution in [2.45, 2.75) is 18.9 Å². The van der Waals surface area contributed by atoms with E-state index in [1.807, 2.05) is 45.3 Å². The molecule has 27 heavy (non-hydrogen) atoms. The molecule has 0 saturated carbocycles. The first-order chi connectivity index (χ1) is 13.2. The summed E-state index contributed by atoms with van der Waals surface area (Å²) in [7, 11) is 3.28. The molecule has 1 fully saturated rings. The normalized spacial score (nSPS) is 16.5. The lowest BCUT2D eigenvalue weighted by atomic mass is 10.0. The lowest BCUT2D eigenvalue weighted by molar-refractivity contribution is 0.0729. The van der Waals surface area contributed by atoms with Gasteiger partial charge in [0.1, 0.15) is 22.2 Å². The molecule has 1 aromatic carbocycles. The molecule has 4 rings (SSSR count). The molecule has 1 amide bonds. The van der Waals surface area contributed by atoms with E-state index in [2.05, 4.69) is 4.98 Å². The molecule has 7 heteroatoms. The Hall–Kier alpha value is -2.38. The van der Waals surface area contributed by atoms with Gasteiger partial charge in [-0.15, -0.1) is 11.3 Å². The number of hydrogen-bond donors (Lipinski definition) is 0. The molecule has 2 aromatic heterocycles. The molecule has 1 atom stereocenters. The van der Waals surface area contributed by atoms with Crippen LogP contribution < -0.4 is 9.47 Å². The number of carbonyl (C=O) groups excluding carboxylic acids is 1. The monoisotopic (exact) mass is 400 g/mol. The molecule has 0 aliphatic carbocycles. The molecule has 1 aliphatic heterocycles. The van der Waals surface area contributed by atoms with E-state index in [0.717, 1.165) is 47.0 Å². The van der Waals surface area contributed by atoms with Crippen molar-refractivity contribution in [3.05, 3.63) is 51.7 Å². The van der Waals surface area contributed by atoms with E-state index in [-0.39, 0.29) is 11.9 Å². The Kier molecular flexibility index (Phi) is 5.13. The third-order valence-corrected chi connectivity index (χ3v) is 6.38. The summed E-state index contributed by atoms with van der Waals surface area (Å²) in [5.41, 5.74) is 2.59. The van der Waals surface area contributed by atoms with Gasteiger partial charge in [-0.3, -0.25) is 4.79 Å². The number of ether oxygens (including phenoxy) is 2. The van der Waals surface area contributed by atoms with Crippen LogP contribution in [-0.4, -0.2) is 36.6 Å². The van der Waals surface area contributed by atoms with Crippen LogP contribution in [0, 0.1) is 0 Å². The van der Waals surface area contributed by atoms with Crippen molar-refractivity contribution in [2.75, 3.05) is 20.8 Å². The van der Waals surface area contributed by atoms with E-state index in [0.29, 0.717) is 5.69 Å².